The number of hydrogen-bond donors (Lipinski definition) is 3. The number of aliphatic hydroxyl groups excluding tert-OH is 1. The number of nitrogens with one attached hydrogen (secondary N) is 2. The van der Waals surface area contributed by atoms with Gasteiger partial charge in [0.05, 0.1) is 17.5 Å². The number of ether oxygens (including phenoxy) is 1. The normalized spacial score (nSPS) is 20.8. The minimum absolute atomic E-state index is 0.0266. The van der Waals surface area contributed by atoms with Crippen LogP contribution in [0.4, 0.5) is 14.9 Å². The van der Waals surface area contributed by atoms with Crippen LogP contribution in [0.25, 0.3) is 33.5 Å². The van der Waals surface area contributed by atoms with Gasteiger partial charge in [-0.15, -0.1) is 0 Å². The van der Waals surface area contributed by atoms with Gasteiger partial charge in [0.2, 0.25) is 0 Å². The molecule has 0 bridgehead atoms. The number of hydrogen-bond acceptors (Lipinski definition) is 7. The number of carbonyl (C=O) groups excluding carboxylic acids is 1. The van der Waals surface area contributed by atoms with E-state index in [4.69, 9.17) is 16.5 Å². The number of halogens is 2. The Hall–Kier alpha value is -3.77. The smallest absolute Gasteiger partial charge is 0.339 e. The Bertz CT molecular complexity index is 1820. The van der Waals surface area contributed by atoms with Crippen molar-refractivity contribution in [3.63, 3.8) is 0 Å². The van der Waals surface area contributed by atoms with Gasteiger partial charge in [-0.05, 0) is 118 Å². The van der Waals surface area contributed by atoms with E-state index < -0.39 is 18.0 Å². The van der Waals surface area contributed by atoms with Crippen LogP contribution in [-0.4, -0.2) is 93.9 Å². The number of rotatable bonds is 9. The zero-order valence-corrected chi connectivity index (χ0v) is 30.5. The highest BCUT2D eigenvalue weighted by Crippen LogP contribution is 2.38. The van der Waals surface area contributed by atoms with E-state index in [2.05, 4.69) is 39.0 Å². The predicted molar refractivity (Wildman–Crippen MR) is 199 cm³/mol. The van der Waals surface area contributed by atoms with Crippen molar-refractivity contribution in [3.8, 4) is 28.3 Å². The molecule has 3 aliphatic rings. The number of anilines is 1. The van der Waals surface area contributed by atoms with Crippen molar-refractivity contribution in [2.24, 2.45) is 17.8 Å². The Balaban J connectivity index is 1.04. The third-order valence-electron chi connectivity index (χ3n) is 10.8. The SMILES string of the molecule is Cc1c(-c2ncnc3[nH]c(-c4ccc(OC5CCN(CC6CCNCC6)CC5)cc4)cc23)cc(F)cc1N(Cl)C(=O)N1C[C@H](CC(C)C)[C@@H](O)C1. The lowest BCUT2D eigenvalue weighted by molar-refractivity contribution is 0.0873. The maximum atomic E-state index is 15.2. The second kappa shape index (κ2) is 15.5. The molecule has 2 aromatic carbocycles. The zero-order chi connectivity index (χ0) is 35.6. The fourth-order valence-electron chi connectivity index (χ4n) is 8.04. The molecule has 5 heterocycles. The number of fused-ring (bicyclic) bond motifs is 1. The highest BCUT2D eigenvalue weighted by Gasteiger charge is 2.37. The fourth-order valence-corrected chi connectivity index (χ4v) is 8.33. The molecule has 272 valence electrons. The fraction of sp³-hybridized carbons (Fsp3) is 0.513. The summed E-state index contributed by atoms with van der Waals surface area (Å²) in [4.78, 5) is 30.0. The molecule has 3 aliphatic heterocycles. The summed E-state index contributed by atoms with van der Waals surface area (Å²) in [7, 11) is 0. The van der Waals surface area contributed by atoms with Crippen molar-refractivity contribution in [2.75, 3.05) is 50.2 Å². The average molecular weight is 718 g/mol. The van der Waals surface area contributed by atoms with E-state index in [0.717, 1.165) is 78.2 Å². The Morgan fingerprint density at radius 3 is 2.55 bits per heavy atom. The van der Waals surface area contributed by atoms with Crippen LogP contribution in [0.5, 0.6) is 5.75 Å². The molecule has 3 fully saturated rings. The minimum atomic E-state index is -0.622. The van der Waals surface area contributed by atoms with Crippen molar-refractivity contribution in [1.82, 2.24) is 30.1 Å². The molecule has 51 heavy (non-hydrogen) atoms. The molecule has 0 saturated carbocycles. The van der Waals surface area contributed by atoms with Crippen LogP contribution in [0.2, 0.25) is 0 Å². The van der Waals surface area contributed by atoms with Crippen LogP contribution in [-0.2, 0) is 0 Å². The van der Waals surface area contributed by atoms with E-state index in [-0.39, 0.29) is 24.3 Å². The molecule has 0 unspecified atom stereocenters. The first-order valence-electron chi connectivity index (χ1n) is 18.4. The summed E-state index contributed by atoms with van der Waals surface area (Å²) < 4.78 is 22.6. The lowest BCUT2D eigenvalue weighted by Gasteiger charge is -2.35. The molecule has 12 heteroatoms. The first-order valence-corrected chi connectivity index (χ1v) is 18.7. The monoisotopic (exact) mass is 717 g/mol. The molecular weight excluding hydrogens is 669 g/mol. The van der Waals surface area contributed by atoms with E-state index in [1.807, 2.05) is 30.3 Å². The molecular formula is C39H49ClFN7O3. The highest BCUT2D eigenvalue weighted by atomic mass is 35.5. The largest absolute Gasteiger partial charge is 0.490 e. The number of nitrogens with zero attached hydrogens (tertiary/aromatic N) is 5. The van der Waals surface area contributed by atoms with E-state index in [1.165, 1.54) is 42.7 Å². The van der Waals surface area contributed by atoms with Crippen molar-refractivity contribution in [3.05, 3.63) is 60.2 Å². The second-order valence-electron chi connectivity index (χ2n) is 15.0. The number of aliphatic hydroxyl groups is 1. The van der Waals surface area contributed by atoms with Gasteiger partial charge in [0, 0.05) is 67.1 Å². The molecule has 3 N–H and O–H groups in total. The Kier molecular flexibility index (Phi) is 10.8. The number of urea groups is 1. The number of carbonyl (C=O) groups is 1. The van der Waals surface area contributed by atoms with E-state index in [9.17, 15) is 9.90 Å². The highest BCUT2D eigenvalue weighted by molar-refractivity contribution is 6.36. The van der Waals surface area contributed by atoms with Gasteiger partial charge in [-0.2, -0.15) is 0 Å². The molecule has 2 aromatic heterocycles. The molecule has 3 saturated heterocycles. The van der Waals surface area contributed by atoms with Gasteiger partial charge < -0.3 is 29.9 Å². The molecule has 0 spiro atoms. The van der Waals surface area contributed by atoms with Gasteiger partial charge in [-0.3, -0.25) is 0 Å². The maximum Gasteiger partial charge on any atom is 0.339 e. The Morgan fingerprint density at radius 2 is 1.82 bits per heavy atom. The van der Waals surface area contributed by atoms with Crippen molar-refractivity contribution in [1.29, 1.82) is 0 Å². The van der Waals surface area contributed by atoms with Crippen molar-refractivity contribution in [2.45, 2.75) is 65.1 Å². The summed E-state index contributed by atoms with van der Waals surface area (Å²) in [6.07, 6.45) is 6.46. The van der Waals surface area contributed by atoms with Gasteiger partial charge in [0.1, 0.15) is 29.6 Å². The maximum absolute atomic E-state index is 15.2. The van der Waals surface area contributed by atoms with Crippen molar-refractivity contribution < 1.29 is 19.0 Å². The molecule has 4 aromatic rings. The number of aromatic amines is 1. The summed E-state index contributed by atoms with van der Waals surface area (Å²) >= 11 is 6.63. The first-order chi connectivity index (χ1) is 24.6. The van der Waals surface area contributed by atoms with Crippen LogP contribution >= 0.6 is 11.8 Å². The number of β-amino-alcohol motifs (C(OH)–C–C–N with tert-alkyl or cyclic N) is 1. The van der Waals surface area contributed by atoms with Gasteiger partial charge in [0.25, 0.3) is 0 Å². The van der Waals surface area contributed by atoms with Crippen LogP contribution in [0.1, 0.15) is 51.5 Å². The van der Waals surface area contributed by atoms with Gasteiger partial charge in [-0.25, -0.2) is 23.6 Å². The number of H-pyrrole nitrogens is 1. The molecule has 2 amide bonds. The number of amides is 2. The minimum Gasteiger partial charge on any atom is -0.490 e. The predicted octanol–water partition coefficient (Wildman–Crippen LogP) is 7.00. The zero-order valence-electron chi connectivity index (χ0n) is 29.7. The first kappa shape index (κ1) is 35.6. The summed E-state index contributed by atoms with van der Waals surface area (Å²) in [6, 6.07) is 12.2. The number of piperidine rings is 2. The third kappa shape index (κ3) is 8.01. The Morgan fingerprint density at radius 1 is 1.08 bits per heavy atom. The van der Waals surface area contributed by atoms with Gasteiger partial charge in [-0.1, -0.05) is 13.8 Å². The van der Waals surface area contributed by atoms with Crippen molar-refractivity contribution >= 4 is 34.5 Å². The van der Waals surface area contributed by atoms with E-state index in [1.54, 1.807) is 6.92 Å². The van der Waals surface area contributed by atoms with Crippen LogP contribution in [0.3, 0.4) is 0 Å². The second-order valence-corrected chi connectivity index (χ2v) is 15.4. The summed E-state index contributed by atoms with van der Waals surface area (Å²) in [5, 5.41) is 14.8. The topological polar surface area (TPSA) is 110 Å². The van der Waals surface area contributed by atoms with E-state index in [0.29, 0.717) is 34.9 Å². The summed E-state index contributed by atoms with van der Waals surface area (Å²) in [6.45, 7) is 12.2. The summed E-state index contributed by atoms with van der Waals surface area (Å²) in [5.74, 6) is 1.48. The van der Waals surface area contributed by atoms with Crippen LogP contribution < -0.4 is 14.5 Å². The quantitative estimate of drug-likeness (QED) is 0.160. The van der Waals surface area contributed by atoms with Gasteiger partial charge in [0.15, 0.2) is 0 Å². The van der Waals surface area contributed by atoms with E-state index >= 15 is 4.39 Å². The van der Waals surface area contributed by atoms with Crippen LogP contribution in [0, 0.1) is 30.5 Å². The molecule has 10 nitrogen and oxygen atoms in total. The molecule has 7 rings (SSSR count). The van der Waals surface area contributed by atoms with Crippen LogP contribution in [0.15, 0.2) is 48.8 Å². The molecule has 0 aliphatic carbocycles. The summed E-state index contributed by atoms with van der Waals surface area (Å²) in [5.41, 5.74) is 4.27. The number of likely N-dealkylation sites (tertiary alicyclic amines) is 2. The third-order valence-corrected chi connectivity index (χ3v) is 11.2. The average Bonchev–Trinajstić information content (AvgIpc) is 3.73. The lowest BCUT2D eigenvalue weighted by Crippen LogP contribution is -2.42. The molecule has 2 atom stereocenters. The van der Waals surface area contributed by atoms with Gasteiger partial charge >= 0.3 is 6.03 Å². The molecule has 0 radical (unpaired) electrons. The number of aromatic nitrogens is 3. The number of benzene rings is 2. The Labute approximate surface area is 304 Å². The standard InChI is InChI=1S/C39H49ClFN7O3/c1-24(2)16-28-21-47(22-36(28)49)39(50)48(40)35-18-29(41)17-32(25(35)3)37-33-19-34(45-38(33)44-23-43-37)27-4-6-30(7-5-27)51-31-10-14-46(15-11-31)20-26-8-12-42-13-9-26/h4-7,17-19,23-24,26,28,31,36,42,49H,8-16,20-22H2,1-3H3,(H,43,44,45)/t28-,36-/m0/s1. The lowest BCUT2D eigenvalue weighted by atomic mass is 9.95.